The van der Waals surface area contributed by atoms with Gasteiger partial charge in [0.05, 0.1) is 16.1 Å². The highest BCUT2D eigenvalue weighted by atomic mass is 32.2. The second-order valence-corrected chi connectivity index (χ2v) is 11.4. The summed E-state index contributed by atoms with van der Waals surface area (Å²) in [4.78, 5) is 17.0. The highest BCUT2D eigenvalue weighted by Crippen LogP contribution is 2.31. The van der Waals surface area contributed by atoms with Crippen LogP contribution in [0.15, 0.2) is 71.6 Å². The molecule has 0 aliphatic carbocycles. The number of carbonyl (C=O) groups is 1. The van der Waals surface area contributed by atoms with Gasteiger partial charge >= 0.3 is 5.97 Å². The molecule has 1 heterocycles. The largest absolute Gasteiger partial charge is 0.481 e. The average Bonchev–Trinajstić information content (AvgIpc) is 2.94. The van der Waals surface area contributed by atoms with E-state index in [2.05, 4.69) is 34.0 Å². The van der Waals surface area contributed by atoms with Crippen molar-refractivity contribution in [2.24, 2.45) is 0 Å². The van der Waals surface area contributed by atoms with E-state index in [0.29, 0.717) is 18.0 Å². The molecule has 0 radical (unpaired) electrons. The first-order valence-corrected chi connectivity index (χ1v) is 14.4. The molecule has 9 heteroatoms. The first kappa shape index (κ1) is 28.2. The van der Waals surface area contributed by atoms with E-state index in [-0.39, 0.29) is 17.1 Å². The molecule has 1 aliphatic heterocycles. The van der Waals surface area contributed by atoms with Crippen LogP contribution in [0.4, 0.5) is 5.69 Å². The number of aromatic carboxylic acids is 1. The third kappa shape index (κ3) is 7.39. The Morgan fingerprint density at radius 1 is 1.00 bits per heavy atom. The van der Waals surface area contributed by atoms with Gasteiger partial charge in [0.25, 0.3) is 0 Å². The standard InChI is InChI=1S/C30H33N3O5S/c1-3-4-18-38-26-10-12-27(13-11-26)39(36,37)22-31-29-25(21-33-16-14-32(2)15-17-33)19-24(20-28(29)30(34)35)23-8-6-5-7-9-23/h5-13,19-20,31H,14-18,21-22H2,1-2H3,(H,34,35). The molecule has 0 atom stereocenters. The molecule has 0 aromatic heterocycles. The van der Waals surface area contributed by atoms with Gasteiger partial charge in [-0.25, -0.2) is 13.2 Å². The SMILES string of the molecule is CC#CCOc1ccc(S(=O)(=O)CNc2c(CN3CCN(C)CC3)cc(-c3ccccc3)cc2C(=O)O)cc1. The van der Waals surface area contributed by atoms with Gasteiger partial charge in [0.1, 0.15) is 18.2 Å². The van der Waals surface area contributed by atoms with Crippen molar-refractivity contribution in [2.45, 2.75) is 18.4 Å². The van der Waals surface area contributed by atoms with Crippen LogP contribution in [0.2, 0.25) is 0 Å². The fourth-order valence-electron chi connectivity index (χ4n) is 4.43. The maximum atomic E-state index is 13.2. The highest BCUT2D eigenvalue weighted by molar-refractivity contribution is 7.91. The maximum absolute atomic E-state index is 13.2. The van der Waals surface area contributed by atoms with Crippen LogP contribution in [-0.2, 0) is 16.4 Å². The molecule has 3 aromatic rings. The molecule has 2 N–H and O–H groups in total. The van der Waals surface area contributed by atoms with Crippen LogP contribution in [0, 0.1) is 11.8 Å². The summed E-state index contributed by atoms with van der Waals surface area (Å²) >= 11 is 0. The summed E-state index contributed by atoms with van der Waals surface area (Å²) in [5, 5.41) is 13.1. The quantitative estimate of drug-likeness (QED) is 0.367. The highest BCUT2D eigenvalue weighted by Gasteiger charge is 2.23. The number of carboxylic acid groups (broad SMARTS) is 1. The lowest BCUT2D eigenvalue weighted by molar-refractivity contribution is 0.0697. The molecular weight excluding hydrogens is 514 g/mol. The summed E-state index contributed by atoms with van der Waals surface area (Å²) in [6.45, 7) is 5.93. The molecule has 1 saturated heterocycles. The molecule has 4 rings (SSSR count). The topological polar surface area (TPSA) is 99.2 Å². The fourth-order valence-corrected chi connectivity index (χ4v) is 5.49. The summed E-state index contributed by atoms with van der Waals surface area (Å²) in [5.41, 5.74) is 2.77. The van der Waals surface area contributed by atoms with Crippen LogP contribution in [0.5, 0.6) is 5.75 Å². The number of hydrogen-bond acceptors (Lipinski definition) is 7. The van der Waals surface area contributed by atoms with Crippen molar-refractivity contribution < 1.29 is 23.1 Å². The number of nitrogens with one attached hydrogen (secondary N) is 1. The van der Waals surface area contributed by atoms with Crippen LogP contribution in [0.1, 0.15) is 22.8 Å². The van der Waals surface area contributed by atoms with Gasteiger partial charge in [0, 0.05) is 32.7 Å². The number of benzene rings is 3. The second kappa shape index (κ2) is 12.8. The third-order valence-corrected chi connectivity index (χ3v) is 8.17. The Balaban J connectivity index is 1.63. The number of piperazine rings is 1. The van der Waals surface area contributed by atoms with Crippen LogP contribution < -0.4 is 10.1 Å². The van der Waals surface area contributed by atoms with Gasteiger partial charge in [-0.2, -0.15) is 0 Å². The van der Waals surface area contributed by atoms with E-state index in [0.717, 1.165) is 42.9 Å². The van der Waals surface area contributed by atoms with E-state index in [9.17, 15) is 18.3 Å². The second-order valence-electron chi connectivity index (χ2n) is 9.43. The zero-order chi connectivity index (χ0) is 27.8. The van der Waals surface area contributed by atoms with Crippen molar-refractivity contribution in [3.63, 3.8) is 0 Å². The van der Waals surface area contributed by atoms with Gasteiger partial charge in [-0.3, -0.25) is 4.90 Å². The zero-order valence-corrected chi connectivity index (χ0v) is 23.0. The Bertz CT molecular complexity index is 1450. The number of likely N-dealkylation sites (N-methyl/N-ethyl adjacent to an activating group) is 1. The van der Waals surface area contributed by atoms with Crippen molar-refractivity contribution >= 4 is 21.5 Å². The molecule has 0 spiro atoms. The molecular formula is C30H33N3O5S. The molecule has 8 nitrogen and oxygen atoms in total. The number of carboxylic acids is 1. The van der Waals surface area contributed by atoms with Crippen molar-refractivity contribution in [2.75, 3.05) is 51.0 Å². The van der Waals surface area contributed by atoms with E-state index in [4.69, 9.17) is 4.74 Å². The zero-order valence-electron chi connectivity index (χ0n) is 22.2. The van der Waals surface area contributed by atoms with E-state index in [1.807, 2.05) is 36.4 Å². The number of rotatable bonds is 10. The number of hydrogen-bond donors (Lipinski definition) is 2. The molecule has 1 fully saturated rings. The lowest BCUT2D eigenvalue weighted by Crippen LogP contribution is -2.44. The third-order valence-electron chi connectivity index (χ3n) is 6.66. The van der Waals surface area contributed by atoms with Gasteiger partial charge < -0.3 is 20.1 Å². The van der Waals surface area contributed by atoms with Crippen LogP contribution in [-0.4, -0.2) is 75.0 Å². The van der Waals surface area contributed by atoms with Crippen molar-refractivity contribution in [1.29, 1.82) is 0 Å². The summed E-state index contributed by atoms with van der Waals surface area (Å²) < 4.78 is 31.9. The van der Waals surface area contributed by atoms with Gasteiger partial charge in [0.2, 0.25) is 0 Å². The minimum Gasteiger partial charge on any atom is -0.481 e. The van der Waals surface area contributed by atoms with Crippen LogP contribution in [0.25, 0.3) is 11.1 Å². The Morgan fingerprint density at radius 2 is 1.69 bits per heavy atom. The Morgan fingerprint density at radius 3 is 2.33 bits per heavy atom. The number of ether oxygens (including phenoxy) is 1. The first-order chi connectivity index (χ1) is 18.8. The van der Waals surface area contributed by atoms with E-state index < -0.39 is 21.7 Å². The van der Waals surface area contributed by atoms with E-state index >= 15 is 0 Å². The molecule has 0 amide bonds. The molecule has 0 bridgehead atoms. The number of sulfone groups is 1. The predicted octanol–water partition coefficient (Wildman–Crippen LogP) is 4.04. The van der Waals surface area contributed by atoms with Crippen molar-refractivity contribution in [1.82, 2.24) is 9.80 Å². The number of anilines is 1. The summed E-state index contributed by atoms with van der Waals surface area (Å²) in [6.07, 6.45) is 0. The van der Waals surface area contributed by atoms with Crippen LogP contribution >= 0.6 is 0 Å². The average molecular weight is 548 g/mol. The Labute approximate surface area is 230 Å². The predicted molar refractivity (Wildman–Crippen MR) is 153 cm³/mol. The van der Waals surface area contributed by atoms with Crippen LogP contribution in [0.3, 0.4) is 0 Å². The Hall–Kier alpha value is -3.84. The van der Waals surface area contributed by atoms with Gasteiger partial charge in [0.15, 0.2) is 9.84 Å². The summed E-state index contributed by atoms with van der Waals surface area (Å²) in [7, 11) is -1.70. The lowest BCUT2D eigenvalue weighted by Gasteiger charge is -2.33. The fraction of sp³-hybridized carbons (Fsp3) is 0.300. The van der Waals surface area contributed by atoms with Gasteiger partial charge in [-0.05, 0) is 67.1 Å². The van der Waals surface area contributed by atoms with Gasteiger partial charge in [-0.15, -0.1) is 5.92 Å². The Kier molecular flexibility index (Phi) is 9.25. The minimum absolute atomic E-state index is 0.0384. The number of nitrogens with zero attached hydrogens (tertiary/aromatic N) is 2. The van der Waals surface area contributed by atoms with E-state index in [1.54, 1.807) is 25.1 Å². The van der Waals surface area contributed by atoms with E-state index in [1.165, 1.54) is 12.1 Å². The summed E-state index contributed by atoms with van der Waals surface area (Å²) in [6, 6.07) is 19.3. The molecule has 3 aromatic carbocycles. The monoisotopic (exact) mass is 547 g/mol. The molecule has 39 heavy (non-hydrogen) atoms. The molecule has 0 unspecified atom stereocenters. The normalized spacial score (nSPS) is 14.3. The maximum Gasteiger partial charge on any atom is 0.337 e. The smallest absolute Gasteiger partial charge is 0.337 e. The van der Waals surface area contributed by atoms with Crippen molar-refractivity contribution in [3.05, 3.63) is 77.9 Å². The van der Waals surface area contributed by atoms with Crippen molar-refractivity contribution in [3.8, 4) is 28.7 Å². The first-order valence-electron chi connectivity index (χ1n) is 12.7. The summed E-state index contributed by atoms with van der Waals surface area (Å²) in [5.74, 6) is 4.48. The minimum atomic E-state index is -3.77. The lowest BCUT2D eigenvalue weighted by atomic mass is 9.97. The molecule has 0 saturated carbocycles. The van der Waals surface area contributed by atoms with Gasteiger partial charge in [-0.1, -0.05) is 36.3 Å². The molecule has 204 valence electrons. The molecule has 1 aliphatic rings.